The Morgan fingerprint density at radius 1 is 1.17 bits per heavy atom. The zero-order valence-corrected chi connectivity index (χ0v) is 13.8. The Bertz CT molecular complexity index is 1020. The molecule has 1 aromatic heterocycles. The van der Waals surface area contributed by atoms with E-state index in [1.807, 2.05) is 0 Å². The van der Waals surface area contributed by atoms with Crippen molar-refractivity contribution in [3.8, 4) is 0 Å². The Labute approximate surface area is 139 Å². The molecule has 1 heterocycles. The van der Waals surface area contributed by atoms with Crippen molar-refractivity contribution in [3.63, 3.8) is 0 Å². The first-order valence-electron chi connectivity index (χ1n) is 6.34. The fourth-order valence-electron chi connectivity index (χ4n) is 2.15. The molecule has 2 aromatic rings. The summed E-state index contributed by atoms with van der Waals surface area (Å²) in [5, 5.41) is 15.3. The molecule has 0 bridgehead atoms. The maximum absolute atomic E-state index is 13.8. The normalized spacial score (nSPS) is 15.6. The maximum atomic E-state index is 13.8. The third kappa shape index (κ3) is 2.84. The maximum Gasteiger partial charge on any atom is 0.264 e. The van der Waals surface area contributed by atoms with Gasteiger partial charge in [0.2, 0.25) is 0 Å². The summed E-state index contributed by atoms with van der Waals surface area (Å²) in [6.45, 7) is 0. The molecule has 118 valence electrons. The fourth-order valence-corrected chi connectivity index (χ4v) is 3.74. The lowest BCUT2D eigenvalue weighted by Crippen LogP contribution is -2.27. The van der Waals surface area contributed by atoms with E-state index < -0.39 is 15.9 Å². The number of hydrogen-bond donors (Lipinski definition) is 4. The molecule has 23 heavy (non-hydrogen) atoms. The quantitative estimate of drug-likeness (QED) is 0.598. The lowest BCUT2D eigenvalue weighted by molar-refractivity contribution is 0.583. The highest BCUT2D eigenvalue weighted by molar-refractivity contribution is 9.10. The molecule has 0 saturated carbocycles. The predicted molar refractivity (Wildman–Crippen MR) is 89.0 cm³/mol. The van der Waals surface area contributed by atoms with Crippen LogP contribution in [0.5, 0.6) is 0 Å². The Hall–Kier alpha value is -2.26. The SMILES string of the molecule is N=C1C=C(F)C(NS(=O)(=O)c2c[nH]c3cc(Br)ccc23)=CC1=N. The number of aromatic nitrogens is 1. The van der Waals surface area contributed by atoms with Crippen LogP contribution >= 0.6 is 15.9 Å². The molecule has 0 unspecified atom stereocenters. The zero-order chi connectivity index (χ0) is 16.8. The van der Waals surface area contributed by atoms with Crippen LogP contribution in [0.1, 0.15) is 0 Å². The van der Waals surface area contributed by atoms with Crippen molar-refractivity contribution in [2.75, 3.05) is 0 Å². The summed E-state index contributed by atoms with van der Waals surface area (Å²) < 4.78 is 41.7. The summed E-state index contributed by atoms with van der Waals surface area (Å²) in [6.07, 6.45) is 3.09. The number of H-pyrrole nitrogens is 1. The van der Waals surface area contributed by atoms with Crippen LogP contribution in [0.3, 0.4) is 0 Å². The van der Waals surface area contributed by atoms with Gasteiger partial charge >= 0.3 is 0 Å². The van der Waals surface area contributed by atoms with Gasteiger partial charge in [-0.1, -0.05) is 22.0 Å². The molecule has 1 aliphatic carbocycles. The van der Waals surface area contributed by atoms with Crippen LogP contribution in [-0.4, -0.2) is 24.8 Å². The molecular weight excluding hydrogens is 387 g/mol. The number of aromatic amines is 1. The van der Waals surface area contributed by atoms with E-state index in [9.17, 15) is 12.8 Å². The van der Waals surface area contributed by atoms with Crippen molar-refractivity contribution >= 4 is 48.3 Å². The van der Waals surface area contributed by atoms with Crippen LogP contribution in [0.4, 0.5) is 4.39 Å². The Morgan fingerprint density at radius 2 is 1.87 bits per heavy atom. The van der Waals surface area contributed by atoms with Crippen molar-refractivity contribution in [1.29, 1.82) is 10.8 Å². The number of nitrogens with one attached hydrogen (secondary N) is 4. The molecule has 6 nitrogen and oxygen atoms in total. The lowest BCUT2D eigenvalue weighted by Gasteiger charge is -2.13. The van der Waals surface area contributed by atoms with Crippen molar-refractivity contribution in [1.82, 2.24) is 9.71 Å². The number of halogens is 2. The number of allylic oxidation sites excluding steroid dienone is 3. The van der Waals surface area contributed by atoms with Crippen LogP contribution in [0.2, 0.25) is 0 Å². The van der Waals surface area contributed by atoms with Crippen molar-refractivity contribution < 1.29 is 12.8 Å². The summed E-state index contributed by atoms with van der Waals surface area (Å²) in [6, 6.07) is 5.06. The Morgan fingerprint density at radius 3 is 2.61 bits per heavy atom. The second kappa shape index (κ2) is 5.43. The van der Waals surface area contributed by atoms with E-state index in [1.54, 1.807) is 18.2 Å². The topological polar surface area (TPSA) is 110 Å². The van der Waals surface area contributed by atoms with Crippen LogP contribution in [0.25, 0.3) is 10.9 Å². The molecular formula is C14H10BrFN4O2S. The van der Waals surface area contributed by atoms with E-state index in [2.05, 4.69) is 25.6 Å². The highest BCUT2D eigenvalue weighted by Gasteiger charge is 2.24. The number of sulfonamides is 1. The van der Waals surface area contributed by atoms with Gasteiger partial charge in [-0.05, 0) is 18.2 Å². The van der Waals surface area contributed by atoms with Crippen molar-refractivity contribution in [2.45, 2.75) is 4.90 Å². The minimum atomic E-state index is -4.04. The molecule has 4 N–H and O–H groups in total. The lowest BCUT2D eigenvalue weighted by atomic mass is 10.1. The summed E-state index contributed by atoms with van der Waals surface area (Å²) in [4.78, 5) is 2.82. The second-order valence-corrected chi connectivity index (χ2v) is 7.39. The first-order valence-corrected chi connectivity index (χ1v) is 8.62. The van der Waals surface area contributed by atoms with Crippen LogP contribution in [0, 0.1) is 10.8 Å². The monoisotopic (exact) mass is 396 g/mol. The number of fused-ring (bicyclic) bond motifs is 1. The van der Waals surface area contributed by atoms with Crippen LogP contribution < -0.4 is 4.72 Å². The van der Waals surface area contributed by atoms with Crippen LogP contribution in [-0.2, 0) is 10.0 Å². The van der Waals surface area contributed by atoms with Gasteiger partial charge in [0, 0.05) is 27.6 Å². The van der Waals surface area contributed by atoms with E-state index in [1.165, 1.54) is 6.20 Å². The van der Waals surface area contributed by atoms with Gasteiger partial charge in [0.15, 0.2) is 0 Å². The van der Waals surface area contributed by atoms with Gasteiger partial charge in [-0.15, -0.1) is 0 Å². The van der Waals surface area contributed by atoms with Crippen LogP contribution in [0.15, 0.2) is 57.4 Å². The first-order chi connectivity index (χ1) is 10.8. The van der Waals surface area contributed by atoms with Gasteiger partial charge in [0.1, 0.15) is 10.7 Å². The van der Waals surface area contributed by atoms with E-state index in [0.29, 0.717) is 10.9 Å². The van der Waals surface area contributed by atoms with Gasteiger partial charge in [0.25, 0.3) is 10.0 Å². The fraction of sp³-hybridized carbons (Fsp3) is 0. The molecule has 0 spiro atoms. The number of benzene rings is 1. The number of rotatable bonds is 3. The zero-order valence-electron chi connectivity index (χ0n) is 11.4. The van der Waals surface area contributed by atoms with Crippen molar-refractivity contribution in [2.24, 2.45) is 0 Å². The highest BCUT2D eigenvalue weighted by atomic mass is 79.9. The smallest absolute Gasteiger partial charge is 0.264 e. The van der Waals surface area contributed by atoms with Gasteiger partial charge in [-0.2, -0.15) is 0 Å². The summed E-state index contributed by atoms with van der Waals surface area (Å²) in [7, 11) is -4.04. The average molecular weight is 397 g/mol. The average Bonchev–Trinajstić information content (AvgIpc) is 2.88. The molecule has 0 fully saturated rings. The van der Waals surface area contributed by atoms with E-state index >= 15 is 0 Å². The Kier molecular flexibility index (Phi) is 3.69. The first kappa shape index (κ1) is 15.6. The molecule has 0 saturated heterocycles. The second-order valence-electron chi connectivity index (χ2n) is 4.83. The molecule has 0 amide bonds. The van der Waals surface area contributed by atoms with Crippen molar-refractivity contribution in [3.05, 3.63) is 52.5 Å². The predicted octanol–water partition coefficient (Wildman–Crippen LogP) is 3.00. The molecule has 1 aromatic carbocycles. The standard InChI is InChI=1S/C14H10BrFN4O2S/c15-7-1-2-8-12(3-7)19-6-14(8)23(21,22)20-13-5-11(18)10(17)4-9(13)16/h1-6,17-20H. The Balaban J connectivity index is 2.02. The van der Waals surface area contributed by atoms with E-state index in [-0.39, 0.29) is 22.0 Å². The molecule has 1 aliphatic rings. The van der Waals surface area contributed by atoms with Gasteiger partial charge in [0.05, 0.1) is 17.1 Å². The highest BCUT2D eigenvalue weighted by Crippen LogP contribution is 2.26. The summed E-state index contributed by atoms with van der Waals surface area (Å²) >= 11 is 3.30. The summed E-state index contributed by atoms with van der Waals surface area (Å²) in [5.41, 5.74) is -0.338. The molecule has 0 atom stereocenters. The van der Waals surface area contributed by atoms with E-state index in [4.69, 9.17) is 10.8 Å². The number of hydrogen-bond acceptors (Lipinski definition) is 4. The van der Waals surface area contributed by atoms with Gasteiger partial charge in [-0.25, -0.2) is 12.8 Å². The third-order valence-electron chi connectivity index (χ3n) is 3.25. The van der Waals surface area contributed by atoms with Gasteiger partial charge < -0.3 is 4.98 Å². The van der Waals surface area contributed by atoms with E-state index in [0.717, 1.165) is 16.6 Å². The molecule has 3 rings (SSSR count). The molecule has 0 aliphatic heterocycles. The third-order valence-corrected chi connectivity index (χ3v) is 5.15. The summed E-state index contributed by atoms with van der Waals surface area (Å²) in [5.74, 6) is -0.905. The largest absolute Gasteiger partial charge is 0.360 e. The van der Waals surface area contributed by atoms with Gasteiger partial charge in [-0.3, -0.25) is 15.5 Å². The minimum absolute atomic E-state index is 0.0270. The molecule has 9 heteroatoms. The minimum Gasteiger partial charge on any atom is -0.360 e. The molecule has 0 radical (unpaired) electrons.